The molecule has 1 N–H and O–H groups in total. The second kappa shape index (κ2) is 7.27. The molecule has 126 valence electrons. The van der Waals surface area contributed by atoms with E-state index in [-0.39, 0.29) is 11.9 Å². The number of thiazole rings is 1. The van der Waals surface area contributed by atoms with Crippen molar-refractivity contribution in [1.82, 2.24) is 19.7 Å². The van der Waals surface area contributed by atoms with Crippen LogP contribution in [0.3, 0.4) is 0 Å². The number of carbonyl (C=O) groups is 2. The maximum absolute atomic E-state index is 12.2. The zero-order valence-corrected chi connectivity index (χ0v) is 14.3. The van der Waals surface area contributed by atoms with Gasteiger partial charge in [-0.2, -0.15) is 0 Å². The molecule has 0 spiro atoms. The molecule has 7 nitrogen and oxygen atoms in total. The quantitative estimate of drug-likeness (QED) is 0.900. The second-order valence-corrected chi connectivity index (χ2v) is 7.29. The van der Waals surface area contributed by atoms with E-state index in [2.05, 4.69) is 15.2 Å². The van der Waals surface area contributed by atoms with E-state index >= 15 is 0 Å². The van der Waals surface area contributed by atoms with Gasteiger partial charge in [0.05, 0.1) is 6.54 Å². The van der Waals surface area contributed by atoms with Gasteiger partial charge in [-0.25, -0.2) is 9.78 Å². The van der Waals surface area contributed by atoms with Crippen LogP contribution in [0.2, 0.25) is 0 Å². The molecule has 3 rings (SSSR count). The van der Waals surface area contributed by atoms with Crippen molar-refractivity contribution < 1.29 is 9.59 Å². The van der Waals surface area contributed by atoms with Crippen molar-refractivity contribution in [3.63, 3.8) is 0 Å². The lowest BCUT2D eigenvalue weighted by atomic mass is 10.3. The third-order valence-electron chi connectivity index (χ3n) is 4.31. The van der Waals surface area contributed by atoms with Crippen molar-refractivity contribution in [3.8, 4) is 0 Å². The van der Waals surface area contributed by atoms with Crippen LogP contribution >= 0.6 is 11.3 Å². The first-order valence-corrected chi connectivity index (χ1v) is 8.92. The first kappa shape index (κ1) is 16.2. The average molecular weight is 337 g/mol. The number of piperazine rings is 1. The second-order valence-electron chi connectivity index (χ2n) is 6.06. The normalized spacial score (nSPS) is 19.2. The van der Waals surface area contributed by atoms with Gasteiger partial charge >= 0.3 is 6.03 Å². The van der Waals surface area contributed by atoms with Gasteiger partial charge in [0.1, 0.15) is 0 Å². The Bertz CT molecular complexity index is 562. The number of rotatable bonds is 3. The Hall–Kier alpha value is -1.67. The number of likely N-dealkylation sites (tertiary alicyclic amines) is 1. The minimum atomic E-state index is -0.107. The third kappa shape index (κ3) is 4.20. The van der Waals surface area contributed by atoms with Crippen molar-refractivity contribution in [2.24, 2.45) is 0 Å². The largest absolute Gasteiger partial charge is 0.342 e. The highest BCUT2D eigenvalue weighted by Crippen LogP contribution is 2.17. The van der Waals surface area contributed by atoms with E-state index < -0.39 is 0 Å². The van der Waals surface area contributed by atoms with Crippen LogP contribution < -0.4 is 5.32 Å². The molecule has 2 aliphatic rings. The Morgan fingerprint density at radius 1 is 1.13 bits per heavy atom. The Kier molecular flexibility index (Phi) is 5.12. The maximum Gasteiger partial charge on any atom is 0.323 e. The topological polar surface area (TPSA) is 68.8 Å². The lowest BCUT2D eigenvalue weighted by Gasteiger charge is -2.34. The summed E-state index contributed by atoms with van der Waals surface area (Å²) in [5, 5.41) is 3.47. The van der Waals surface area contributed by atoms with E-state index in [1.165, 1.54) is 11.3 Å². The van der Waals surface area contributed by atoms with Gasteiger partial charge in [0.25, 0.3) is 0 Å². The summed E-state index contributed by atoms with van der Waals surface area (Å²) in [6.45, 7) is 6.99. The summed E-state index contributed by atoms with van der Waals surface area (Å²) in [7, 11) is 0. The molecule has 2 fully saturated rings. The van der Waals surface area contributed by atoms with Crippen LogP contribution in [0.4, 0.5) is 9.93 Å². The standard InChI is InChI=1S/C15H23N5O2S/c1-12-10-16-14(23-12)17-15(22)20-8-6-18(7-9-20)11-13(21)19-4-2-3-5-19/h10H,2-9,11H2,1H3,(H,16,17,22). The first-order chi connectivity index (χ1) is 11.1. The fraction of sp³-hybridized carbons (Fsp3) is 0.667. The zero-order chi connectivity index (χ0) is 16.2. The minimum Gasteiger partial charge on any atom is -0.342 e. The highest BCUT2D eigenvalue weighted by atomic mass is 32.1. The van der Waals surface area contributed by atoms with Gasteiger partial charge in [0.15, 0.2) is 5.13 Å². The molecule has 1 aromatic heterocycles. The molecule has 0 aliphatic carbocycles. The smallest absolute Gasteiger partial charge is 0.323 e. The highest BCUT2D eigenvalue weighted by molar-refractivity contribution is 7.15. The highest BCUT2D eigenvalue weighted by Gasteiger charge is 2.25. The van der Waals surface area contributed by atoms with Gasteiger partial charge in [0, 0.05) is 50.3 Å². The van der Waals surface area contributed by atoms with Crippen LogP contribution in [0.5, 0.6) is 0 Å². The van der Waals surface area contributed by atoms with Crippen molar-refractivity contribution in [2.45, 2.75) is 19.8 Å². The number of urea groups is 1. The molecular weight excluding hydrogens is 314 g/mol. The number of aryl methyl sites for hydroxylation is 1. The Labute approximate surface area is 140 Å². The molecule has 3 heterocycles. The number of aromatic nitrogens is 1. The number of hydrogen-bond donors (Lipinski definition) is 1. The molecule has 0 atom stereocenters. The van der Waals surface area contributed by atoms with E-state index in [4.69, 9.17) is 0 Å². The predicted molar refractivity (Wildman–Crippen MR) is 89.7 cm³/mol. The van der Waals surface area contributed by atoms with Gasteiger partial charge in [0.2, 0.25) is 5.91 Å². The van der Waals surface area contributed by atoms with Crippen LogP contribution in [-0.2, 0) is 4.79 Å². The molecule has 1 aromatic rings. The third-order valence-corrected chi connectivity index (χ3v) is 5.14. The molecule has 2 saturated heterocycles. The molecule has 8 heteroatoms. The average Bonchev–Trinajstić information content (AvgIpc) is 3.20. The van der Waals surface area contributed by atoms with Crippen molar-refractivity contribution in [1.29, 1.82) is 0 Å². The fourth-order valence-electron chi connectivity index (χ4n) is 2.95. The van der Waals surface area contributed by atoms with Crippen LogP contribution in [0.15, 0.2) is 6.20 Å². The van der Waals surface area contributed by atoms with Crippen molar-refractivity contribution >= 4 is 28.4 Å². The lowest BCUT2D eigenvalue weighted by Crippen LogP contribution is -2.52. The summed E-state index contributed by atoms with van der Waals surface area (Å²) < 4.78 is 0. The number of anilines is 1. The molecule has 0 unspecified atom stereocenters. The van der Waals surface area contributed by atoms with Crippen molar-refractivity contribution in [3.05, 3.63) is 11.1 Å². The summed E-state index contributed by atoms with van der Waals surface area (Å²) in [6, 6.07) is -0.107. The molecule has 0 saturated carbocycles. The summed E-state index contributed by atoms with van der Waals surface area (Å²) in [5.41, 5.74) is 0. The van der Waals surface area contributed by atoms with Gasteiger partial charge in [-0.1, -0.05) is 0 Å². The number of carbonyl (C=O) groups excluding carboxylic acids is 2. The number of nitrogens with one attached hydrogen (secondary N) is 1. The molecule has 3 amide bonds. The summed E-state index contributed by atoms with van der Waals surface area (Å²) in [5.74, 6) is 0.221. The molecule has 2 aliphatic heterocycles. The zero-order valence-electron chi connectivity index (χ0n) is 13.5. The molecule has 0 radical (unpaired) electrons. The van der Waals surface area contributed by atoms with Gasteiger partial charge in [-0.15, -0.1) is 11.3 Å². The monoisotopic (exact) mass is 337 g/mol. The van der Waals surface area contributed by atoms with Crippen LogP contribution in [-0.4, -0.2) is 77.4 Å². The summed E-state index contributed by atoms with van der Waals surface area (Å²) in [6.07, 6.45) is 3.99. The van der Waals surface area contributed by atoms with Crippen LogP contribution in [0, 0.1) is 6.92 Å². The molecule has 0 bridgehead atoms. The SMILES string of the molecule is Cc1cnc(NC(=O)N2CCN(CC(=O)N3CCCC3)CC2)s1. The maximum atomic E-state index is 12.2. The van der Waals surface area contributed by atoms with E-state index in [0.29, 0.717) is 24.8 Å². The van der Waals surface area contributed by atoms with Gasteiger partial charge < -0.3 is 9.80 Å². The van der Waals surface area contributed by atoms with Crippen LogP contribution in [0.25, 0.3) is 0 Å². The van der Waals surface area contributed by atoms with E-state index in [0.717, 1.165) is 43.9 Å². The number of amides is 3. The van der Waals surface area contributed by atoms with E-state index in [1.807, 2.05) is 11.8 Å². The molecular formula is C15H23N5O2S. The van der Waals surface area contributed by atoms with Crippen LogP contribution in [0.1, 0.15) is 17.7 Å². The Morgan fingerprint density at radius 2 is 1.83 bits per heavy atom. The molecule has 0 aromatic carbocycles. The Morgan fingerprint density at radius 3 is 2.43 bits per heavy atom. The Balaban J connectivity index is 1.42. The minimum absolute atomic E-state index is 0.107. The number of hydrogen-bond acceptors (Lipinski definition) is 5. The summed E-state index contributed by atoms with van der Waals surface area (Å²) >= 11 is 1.47. The number of nitrogens with zero attached hydrogens (tertiary/aromatic N) is 4. The predicted octanol–water partition coefficient (Wildman–Crippen LogP) is 1.22. The van der Waals surface area contributed by atoms with E-state index in [9.17, 15) is 9.59 Å². The van der Waals surface area contributed by atoms with Gasteiger partial charge in [-0.3, -0.25) is 15.0 Å². The summed E-state index contributed by atoms with van der Waals surface area (Å²) in [4.78, 5) is 35.5. The van der Waals surface area contributed by atoms with Crippen molar-refractivity contribution in [2.75, 3.05) is 51.1 Å². The van der Waals surface area contributed by atoms with E-state index in [1.54, 1.807) is 11.1 Å². The molecule has 23 heavy (non-hydrogen) atoms. The van der Waals surface area contributed by atoms with Gasteiger partial charge in [-0.05, 0) is 19.8 Å². The lowest BCUT2D eigenvalue weighted by molar-refractivity contribution is -0.131. The first-order valence-electron chi connectivity index (χ1n) is 8.10. The fourth-order valence-corrected chi connectivity index (χ4v) is 3.60.